The Morgan fingerprint density at radius 3 is 0.556 bits per heavy atom. The highest BCUT2D eigenvalue weighted by Crippen LogP contribution is 2.48. The fourth-order valence-electron chi connectivity index (χ4n) is 19.1. The third-order valence-electron chi connectivity index (χ3n) is 26.7. The zero-order valence-corrected chi connectivity index (χ0v) is 79.4. The van der Waals surface area contributed by atoms with Crippen molar-refractivity contribution in [1.29, 1.82) is 0 Å². The molecule has 12 nitrogen and oxygen atoms in total. The van der Waals surface area contributed by atoms with Crippen LogP contribution in [0, 0.1) is 0 Å². The van der Waals surface area contributed by atoms with Gasteiger partial charge in [-0.1, -0.05) is 413 Å². The van der Waals surface area contributed by atoms with Crippen LogP contribution in [0.25, 0.3) is 43.1 Å². The standard InChI is InChI=1S/C112H170N2O10/c1-7-13-19-25-31-37-43-49-55-61-79-119-99-85-89(86-100(120-80-62-56-50-44-38-32-26-20-14-8-2)107(99)123-83-65-59-53-47-41-35-29-23-17-11-5)75-77-113-109(115)95-71-67-91-93-69-73-97-106-98(74-70-94(104(93)106)92-68-72-96(110(113)116)105(95)103(91)92)112(118)114(111(97)117)78-76-90-87-101(121-81-63-57-51-45-39-33-27-21-15-9-3)108(124-84-66-60-54-48-42-36-30-24-18-12-6)102(88-90)122-82-64-58-52-46-40-34-28-22-16-10-4/h67-74,85-88H,7-66,75-84H2,1-6H3. The Balaban J connectivity index is 0.923. The van der Waals surface area contributed by atoms with E-state index in [2.05, 4.69) is 65.8 Å². The molecule has 7 aromatic rings. The molecule has 4 amide bonds. The minimum absolute atomic E-state index is 0.161. The summed E-state index contributed by atoms with van der Waals surface area (Å²) >= 11 is 0. The first-order chi connectivity index (χ1) is 61.2. The molecule has 2 aliphatic heterocycles. The lowest BCUT2D eigenvalue weighted by Gasteiger charge is -2.30. The predicted molar refractivity (Wildman–Crippen MR) is 523 cm³/mol. The lowest BCUT2D eigenvalue weighted by Crippen LogP contribution is -2.41. The first kappa shape index (κ1) is 101. The van der Waals surface area contributed by atoms with Crippen LogP contribution in [0.3, 0.4) is 0 Å². The third kappa shape index (κ3) is 32.9. The fraction of sp³-hybridized carbons (Fsp3) is 0.679. The Morgan fingerprint density at radius 1 is 0.202 bits per heavy atom. The minimum Gasteiger partial charge on any atom is -0.490 e. The monoisotopic (exact) mass is 1700 g/mol. The normalized spacial score (nSPS) is 12.8. The summed E-state index contributed by atoms with van der Waals surface area (Å²) in [6, 6.07) is 23.9. The van der Waals surface area contributed by atoms with E-state index in [9.17, 15) is 0 Å². The van der Waals surface area contributed by atoms with E-state index in [4.69, 9.17) is 28.4 Å². The van der Waals surface area contributed by atoms with Gasteiger partial charge in [-0.2, -0.15) is 0 Å². The number of benzene rings is 7. The summed E-state index contributed by atoms with van der Waals surface area (Å²) in [7, 11) is 0. The molecule has 0 saturated carbocycles. The van der Waals surface area contributed by atoms with Gasteiger partial charge < -0.3 is 28.4 Å². The molecule has 12 heteroatoms. The molecule has 0 bridgehead atoms. The number of nitrogens with zero attached hydrogens (tertiary/aromatic N) is 2. The summed E-state index contributed by atoms with van der Waals surface area (Å²) in [5, 5.41) is 6.40. The highest BCUT2D eigenvalue weighted by molar-refractivity contribution is 6.41. The van der Waals surface area contributed by atoms with Gasteiger partial charge in [-0.3, -0.25) is 29.0 Å². The molecule has 9 rings (SSSR count). The number of ether oxygens (including phenoxy) is 6. The van der Waals surface area contributed by atoms with Crippen LogP contribution in [-0.2, 0) is 12.8 Å². The fourth-order valence-corrected chi connectivity index (χ4v) is 19.1. The molecule has 0 fully saturated rings. The van der Waals surface area contributed by atoms with E-state index < -0.39 is 0 Å². The lowest BCUT2D eigenvalue weighted by molar-refractivity contribution is 0.0597. The van der Waals surface area contributed by atoms with E-state index in [1.807, 2.05) is 48.5 Å². The van der Waals surface area contributed by atoms with Crippen molar-refractivity contribution in [3.8, 4) is 34.5 Å². The van der Waals surface area contributed by atoms with Gasteiger partial charge in [0, 0.05) is 46.1 Å². The summed E-state index contributed by atoms with van der Waals surface area (Å²) in [5.41, 5.74) is 3.76. The molecule has 688 valence electrons. The minimum atomic E-state index is -0.329. The number of hydrogen-bond acceptors (Lipinski definition) is 10. The summed E-state index contributed by atoms with van der Waals surface area (Å²) in [5.74, 6) is 2.70. The molecule has 124 heavy (non-hydrogen) atoms. The number of carbonyl (C=O) groups is 4. The first-order valence-corrected chi connectivity index (χ1v) is 52.2. The number of rotatable bonds is 78. The van der Waals surface area contributed by atoms with Crippen molar-refractivity contribution in [2.24, 2.45) is 0 Å². The van der Waals surface area contributed by atoms with Crippen LogP contribution < -0.4 is 28.4 Å². The Morgan fingerprint density at radius 2 is 0.371 bits per heavy atom. The van der Waals surface area contributed by atoms with Crippen LogP contribution in [0.5, 0.6) is 34.5 Å². The molecule has 0 unspecified atom stereocenters. The van der Waals surface area contributed by atoms with Crippen LogP contribution in [-0.4, -0.2) is 86.2 Å². The maximum Gasteiger partial charge on any atom is 0.261 e. The topological polar surface area (TPSA) is 130 Å². The van der Waals surface area contributed by atoms with Gasteiger partial charge in [0.2, 0.25) is 11.5 Å². The van der Waals surface area contributed by atoms with Gasteiger partial charge >= 0.3 is 0 Å². The van der Waals surface area contributed by atoms with E-state index in [1.54, 1.807) is 0 Å². The van der Waals surface area contributed by atoms with E-state index >= 15 is 19.2 Å². The third-order valence-corrected chi connectivity index (χ3v) is 26.7. The molecule has 0 spiro atoms. The molecule has 0 N–H and O–H groups in total. The molecule has 0 radical (unpaired) electrons. The van der Waals surface area contributed by atoms with Gasteiger partial charge in [0.15, 0.2) is 23.0 Å². The zero-order valence-electron chi connectivity index (χ0n) is 79.4. The van der Waals surface area contributed by atoms with Crippen molar-refractivity contribution >= 4 is 66.7 Å². The average molecular weight is 1700 g/mol. The second-order valence-corrected chi connectivity index (χ2v) is 37.2. The van der Waals surface area contributed by atoms with Gasteiger partial charge in [-0.15, -0.1) is 0 Å². The number of amides is 4. The van der Waals surface area contributed by atoms with Crippen LogP contribution in [0.15, 0.2) is 72.8 Å². The second kappa shape index (κ2) is 60.6. The Labute approximate surface area is 752 Å². The second-order valence-electron chi connectivity index (χ2n) is 37.2. The molecule has 2 heterocycles. The van der Waals surface area contributed by atoms with Gasteiger partial charge in [0.1, 0.15) is 0 Å². The van der Waals surface area contributed by atoms with Crippen molar-refractivity contribution in [2.75, 3.05) is 52.7 Å². The van der Waals surface area contributed by atoms with Crippen LogP contribution in [0.2, 0.25) is 0 Å². The van der Waals surface area contributed by atoms with Crippen molar-refractivity contribution in [2.45, 2.75) is 440 Å². The number of hydrogen-bond donors (Lipinski definition) is 0. The van der Waals surface area contributed by atoms with Crippen LogP contribution >= 0.6 is 0 Å². The lowest BCUT2D eigenvalue weighted by atomic mass is 9.82. The van der Waals surface area contributed by atoms with Gasteiger partial charge in [-0.05, 0) is 143 Å². The largest absolute Gasteiger partial charge is 0.490 e. The summed E-state index contributed by atoms with van der Waals surface area (Å²) in [6.07, 6.45) is 75.2. The average Bonchev–Trinajstić information content (AvgIpc) is 0.690. The van der Waals surface area contributed by atoms with E-state index in [0.717, 1.165) is 120 Å². The highest BCUT2D eigenvalue weighted by Gasteiger charge is 2.38. The Bertz CT molecular complexity index is 3680. The quantitative estimate of drug-likeness (QED) is 0.0157. The molecule has 7 aromatic carbocycles. The van der Waals surface area contributed by atoms with Gasteiger partial charge in [0.25, 0.3) is 23.6 Å². The van der Waals surface area contributed by atoms with E-state index in [1.165, 1.54) is 318 Å². The summed E-state index contributed by atoms with van der Waals surface area (Å²) in [4.78, 5) is 63.8. The van der Waals surface area contributed by atoms with E-state index in [0.29, 0.717) is 120 Å². The predicted octanol–water partition coefficient (Wildman–Crippen LogP) is 33.2. The number of carbonyl (C=O) groups excluding carboxylic acids is 4. The zero-order chi connectivity index (χ0) is 87.2. The molecule has 0 atom stereocenters. The molecular weight excluding hydrogens is 1530 g/mol. The van der Waals surface area contributed by atoms with Crippen molar-refractivity contribution in [3.63, 3.8) is 0 Å². The van der Waals surface area contributed by atoms with E-state index in [-0.39, 0.29) is 36.7 Å². The summed E-state index contributed by atoms with van der Waals surface area (Å²) < 4.78 is 40.8. The highest BCUT2D eigenvalue weighted by atomic mass is 16.5. The molecule has 2 aliphatic rings. The van der Waals surface area contributed by atoms with Crippen molar-refractivity contribution in [3.05, 3.63) is 106 Å². The van der Waals surface area contributed by atoms with Gasteiger partial charge in [0.05, 0.1) is 39.6 Å². The molecule has 0 aromatic heterocycles. The maximum absolute atomic E-state index is 15.2. The Kier molecular flexibility index (Phi) is 49.2. The van der Waals surface area contributed by atoms with Gasteiger partial charge in [-0.25, -0.2) is 0 Å². The maximum atomic E-state index is 15.2. The molecule has 0 aliphatic carbocycles. The Hall–Kier alpha value is -7.08. The van der Waals surface area contributed by atoms with Crippen LogP contribution in [0.1, 0.15) is 479 Å². The molecular formula is C112H170N2O10. The first-order valence-electron chi connectivity index (χ1n) is 52.2. The smallest absolute Gasteiger partial charge is 0.261 e. The van der Waals surface area contributed by atoms with Crippen molar-refractivity contribution in [1.82, 2.24) is 9.80 Å². The number of fused-ring (bicyclic) bond motifs is 2. The number of imide groups is 2. The molecule has 0 saturated heterocycles. The van der Waals surface area contributed by atoms with Crippen LogP contribution in [0.4, 0.5) is 0 Å². The summed E-state index contributed by atoms with van der Waals surface area (Å²) in [6.45, 7) is 17.4. The SMILES string of the molecule is CCCCCCCCCCCCOc1cc(CCN2C(=O)c3ccc4c5ccc6c7c(ccc(c8ccc(c3c48)C2=O)c75)C(=O)N(CCc2cc(OCCCCCCCCCCCC)c(OCCCCCCCCCCCC)c(OCCCCCCCCCCCC)c2)C6=O)cc(OCCCCCCCCCCCC)c1OCCCCCCCCCCCC. The van der Waals surface area contributed by atoms with Crippen molar-refractivity contribution < 1.29 is 47.6 Å². The number of unbranched alkanes of at least 4 members (excludes halogenated alkanes) is 54.